The summed E-state index contributed by atoms with van der Waals surface area (Å²) < 4.78 is 1.98. The highest BCUT2D eigenvalue weighted by atomic mass is 35.5. The van der Waals surface area contributed by atoms with Gasteiger partial charge in [-0.05, 0) is 45.1 Å². The second-order valence-electron chi connectivity index (χ2n) is 6.31. The van der Waals surface area contributed by atoms with E-state index in [0.717, 1.165) is 29.6 Å². The maximum absolute atomic E-state index is 6.45. The number of halogens is 1. The third-order valence-corrected chi connectivity index (χ3v) is 5.37. The van der Waals surface area contributed by atoms with E-state index in [2.05, 4.69) is 10.4 Å². The molecule has 0 spiro atoms. The summed E-state index contributed by atoms with van der Waals surface area (Å²) in [5, 5.41) is 9.21. The van der Waals surface area contributed by atoms with E-state index in [1.165, 1.54) is 44.2 Å². The van der Waals surface area contributed by atoms with Gasteiger partial charge in [0.2, 0.25) is 0 Å². The molecule has 3 nitrogen and oxygen atoms in total. The summed E-state index contributed by atoms with van der Waals surface area (Å²) in [6, 6.07) is 0. The average molecular weight is 282 g/mol. The minimum Gasteiger partial charge on any atom is -0.311 e. The van der Waals surface area contributed by atoms with Crippen molar-refractivity contribution in [1.82, 2.24) is 15.1 Å². The van der Waals surface area contributed by atoms with Crippen molar-refractivity contribution in [3.63, 3.8) is 0 Å². The van der Waals surface area contributed by atoms with Crippen LogP contribution in [0.2, 0.25) is 5.02 Å². The predicted octanol–water partition coefficient (Wildman–Crippen LogP) is 3.24. The summed E-state index contributed by atoms with van der Waals surface area (Å²) in [6.07, 6.45) is 9.10. The number of rotatable bonds is 3. The molecule has 0 aromatic carbocycles. The van der Waals surface area contributed by atoms with E-state index in [4.69, 9.17) is 11.6 Å². The van der Waals surface area contributed by atoms with Crippen LogP contribution in [0.3, 0.4) is 0 Å². The number of hydrogen-bond donors (Lipinski definition) is 1. The van der Waals surface area contributed by atoms with E-state index >= 15 is 0 Å². The van der Waals surface area contributed by atoms with Gasteiger partial charge in [0.25, 0.3) is 0 Å². The maximum atomic E-state index is 6.45. The van der Waals surface area contributed by atoms with Crippen LogP contribution in [0.4, 0.5) is 0 Å². The summed E-state index contributed by atoms with van der Waals surface area (Å²) in [4.78, 5) is 0. The normalized spacial score (nSPS) is 28.4. The van der Waals surface area contributed by atoms with Crippen LogP contribution < -0.4 is 5.32 Å². The Morgan fingerprint density at radius 1 is 1.37 bits per heavy atom. The Hall–Kier alpha value is -0.540. The Kier molecular flexibility index (Phi) is 3.61. The fourth-order valence-corrected chi connectivity index (χ4v) is 3.85. The second kappa shape index (κ2) is 5.10. The van der Waals surface area contributed by atoms with Crippen molar-refractivity contribution < 1.29 is 0 Å². The number of hydrogen-bond acceptors (Lipinski definition) is 2. The van der Waals surface area contributed by atoms with Crippen molar-refractivity contribution in [1.29, 1.82) is 0 Å². The lowest BCUT2D eigenvalue weighted by molar-refractivity contribution is 0.266. The first-order valence-corrected chi connectivity index (χ1v) is 7.93. The highest BCUT2D eigenvalue weighted by Gasteiger charge is 2.45. The van der Waals surface area contributed by atoms with Gasteiger partial charge in [-0.2, -0.15) is 5.10 Å². The van der Waals surface area contributed by atoms with Gasteiger partial charge in [-0.25, -0.2) is 0 Å². The lowest BCUT2D eigenvalue weighted by Gasteiger charge is -2.34. The molecule has 1 unspecified atom stereocenters. The highest BCUT2D eigenvalue weighted by molar-refractivity contribution is 6.31. The molecule has 3 rings (SSSR count). The van der Waals surface area contributed by atoms with Crippen LogP contribution in [0, 0.1) is 12.8 Å². The minimum absolute atomic E-state index is 0.278. The summed E-state index contributed by atoms with van der Waals surface area (Å²) in [7, 11) is 2.02. The fourth-order valence-electron chi connectivity index (χ4n) is 3.62. The average Bonchev–Trinajstić information content (AvgIpc) is 3.18. The molecule has 19 heavy (non-hydrogen) atoms. The molecule has 1 saturated heterocycles. The Morgan fingerprint density at radius 2 is 2.16 bits per heavy atom. The van der Waals surface area contributed by atoms with Crippen molar-refractivity contribution in [3.8, 4) is 0 Å². The summed E-state index contributed by atoms with van der Waals surface area (Å²) in [5.41, 5.74) is 2.44. The molecule has 2 fully saturated rings. The van der Waals surface area contributed by atoms with Gasteiger partial charge in [-0.1, -0.05) is 24.4 Å². The standard InChI is InChI=1S/C15H24ClN3/c1-11-14(16)13(19(2)18-11)10-15(12-6-7-12)8-4-3-5-9-17-15/h12,17H,3-10H2,1-2H3. The second-order valence-corrected chi connectivity index (χ2v) is 6.69. The van der Waals surface area contributed by atoms with Crippen LogP contribution in [-0.2, 0) is 13.5 Å². The smallest absolute Gasteiger partial charge is 0.0847 e. The fraction of sp³-hybridized carbons (Fsp3) is 0.800. The molecular weight excluding hydrogens is 258 g/mol. The monoisotopic (exact) mass is 281 g/mol. The number of nitrogens with one attached hydrogen (secondary N) is 1. The van der Waals surface area contributed by atoms with Gasteiger partial charge < -0.3 is 5.32 Å². The summed E-state index contributed by atoms with van der Waals surface area (Å²) >= 11 is 6.45. The van der Waals surface area contributed by atoms with Crippen LogP contribution in [0.25, 0.3) is 0 Å². The number of aryl methyl sites for hydroxylation is 2. The van der Waals surface area contributed by atoms with Gasteiger partial charge in [-0.15, -0.1) is 0 Å². The van der Waals surface area contributed by atoms with Crippen LogP contribution >= 0.6 is 11.6 Å². The van der Waals surface area contributed by atoms with Gasteiger partial charge in [0.05, 0.1) is 16.4 Å². The zero-order valence-corrected chi connectivity index (χ0v) is 12.8. The maximum Gasteiger partial charge on any atom is 0.0847 e. The van der Waals surface area contributed by atoms with Crippen molar-refractivity contribution in [3.05, 3.63) is 16.4 Å². The Balaban J connectivity index is 1.88. The van der Waals surface area contributed by atoms with E-state index < -0.39 is 0 Å². The SMILES string of the molecule is Cc1nn(C)c(CC2(C3CC3)CCCCCN2)c1Cl. The molecule has 1 aliphatic heterocycles. The minimum atomic E-state index is 0.278. The molecule has 0 bridgehead atoms. The van der Waals surface area contributed by atoms with Gasteiger partial charge in [0.1, 0.15) is 0 Å². The van der Waals surface area contributed by atoms with Crippen LogP contribution in [0.1, 0.15) is 49.9 Å². The van der Waals surface area contributed by atoms with Crippen LogP contribution in [0.15, 0.2) is 0 Å². The predicted molar refractivity (Wildman–Crippen MR) is 78.6 cm³/mol. The lowest BCUT2D eigenvalue weighted by atomic mass is 9.83. The van der Waals surface area contributed by atoms with Crippen molar-refractivity contribution >= 4 is 11.6 Å². The Labute approximate surface area is 120 Å². The molecule has 4 heteroatoms. The zero-order chi connectivity index (χ0) is 13.5. The highest BCUT2D eigenvalue weighted by Crippen LogP contribution is 2.45. The largest absolute Gasteiger partial charge is 0.311 e. The molecule has 0 radical (unpaired) electrons. The van der Waals surface area contributed by atoms with Crippen molar-refractivity contribution in [2.45, 2.75) is 57.4 Å². The number of aromatic nitrogens is 2. The summed E-state index contributed by atoms with van der Waals surface area (Å²) in [6.45, 7) is 3.15. The zero-order valence-electron chi connectivity index (χ0n) is 12.0. The Bertz CT molecular complexity index is 454. The van der Waals surface area contributed by atoms with Crippen molar-refractivity contribution in [2.24, 2.45) is 13.0 Å². The molecule has 106 valence electrons. The first-order valence-electron chi connectivity index (χ1n) is 7.55. The molecule has 1 aliphatic carbocycles. The van der Waals surface area contributed by atoms with E-state index in [0.29, 0.717) is 0 Å². The summed E-state index contributed by atoms with van der Waals surface area (Å²) in [5.74, 6) is 0.844. The Morgan fingerprint density at radius 3 is 2.79 bits per heavy atom. The van der Waals surface area contributed by atoms with Gasteiger partial charge in [0, 0.05) is 19.0 Å². The van der Waals surface area contributed by atoms with E-state index in [1.54, 1.807) is 0 Å². The van der Waals surface area contributed by atoms with Gasteiger partial charge >= 0.3 is 0 Å². The molecule has 1 saturated carbocycles. The third-order valence-electron chi connectivity index (χ3n) is 4.88. The van der Waals surface area contributed by atoms with E-state index in [9.17, 15) is 0 Å². The van der Waals surface area contributed by atoms with E-state index in [1.807, 2.05) is 18.7 Å². The van der Waals surface area contributed by atoms with Gasteiger partial charge in [0.15, 0.2) is 0 Å². The molecule has 1 aromatic rings. The molecule has 1 N–H and O–H groups in total. The topological polar surface area (TPSA) is 29.9 Å². The molecular formula is C15H24ClN3. The molecule has 1 aromatic heterocycles. The first-order chi connectivity index (χ1) is 9.12. The third kappa shape index (κ3) is 2.55. The van der Waals surface area contributed by atoms with Gasteiger partial charge in [-0.3, -0.25) is 4.68 Å². The first kappa shape index (κ1) is 13.4. The van der Waals surface area contributed by atoms with Crippen LogP contribution in [0.5, 0.6) is 0 Å². The van der Waals surface area contributed by atoms with Crippen LogP contribution in [-0.4, -0.2) is 21.9 Å². The molecule has 2 heterocycles. The lowest BCUT2D eigenvalue weighted by Crippen LogP contribution is -2.49. The molecule has 1 atom stereocenters. The van der Waals surface area contributed by atoms with E-state index in [-0.39, 0.29) is 5.54 Å². The molecule has 2 aliphatic rings. The quantitative estimate of drug-likeness (QED) is 0.922. The van der Waals surface area contributed by atoms with Crippen molar-refractivity contribution in [2.75, 3.05) is 6.54 Å². The molecule has 0 amide bonds. The number of nitrogens with zero attached hydrogens (tertiary/aromatic N) is 2.